The Bertz CT molecular complexity index is 403. The Balaban J connectivity index is 2.32. The third-order valence-electron chi connectivity index (χ3n) is 1.49. The van der Waals surface area contributed by atoms with Gasteiger partial charge in [0.25, 0.3) is 0 Å². The highest BCUT2D eigenvalue weighted by atomic mass is 32.2. The first-order valence-corrected chi connectivity index (χ1v) is 5.62. The Hall–Kier alpha value is -1.39. The third kappa shape index (κ3) is 3.55. The van der Waals surface area contributed by atoms with Gasteiger partial charge in [-0.2, -0.15) is 5.26 Å². The van der Waals surface area contributed by atoms with Gasteiger partial charge in [-0.1, -0.05) is 0 Å². The van der Waals surface area contributed by atoms with E-state index in [0.29, 0.717) is 12.2 Å². The van der Waals surface area contributed by atoms with Gasteiger partial charge in [0.15, 0.2) is 5.75 Å². The number of nitrogens with one attached hydrogen (secondary N) is 2. The Morgan fingerprint density at radius 2 is 2.43 bits per heavy atom. The first-order chi connectivity index (χ1) is 6.64. The number of aromatic nitrogens is 2. The molecule has 0 spiro atoms. The van der Waals surface area contributed by atoms with Crippen LogP contribution in [0.3, 0.4) is 0 Å². The minimum Gasteiger partial charge on any atom is -0.349 e. The zero-order valence-corrected chi connectivity index (χ0v) is 8.21. The van der Waals surface area contributed by atoms with Gasteiger partial charge in [0, 0.05) is 25.4 Å². The molecule has 0 aliphatic heterocycles. The number of nitriles is 1. The maximum atomic E-state index is 11.0. The van der Waals surface area contributed by atoms with E-state index >= 15 is 0 Å². The standard InChI is InChI=1S/C7H10N4O2S/c8-2-6-14(12,13)11-3-1-7-9-4-5-10-7/h4-5,11H,1,3,6H2,(H,9,10). The summed E-state index contributed by atoms with van der Waals surface area (Å²) in [6, 6.07) is 1.58. The van der Waals surface area contributed by atoms with Crippen molar-refractivity contribution >= 4 is 10.0 Å². The number of hydrogen-bond acceptors (Lipinski definition) is 4. The lowest BCUT2D eigenvalue weighted by Crippen LogP contribution is -2.28. The van der Waals surface area contributed by atoms with Crippen molar-refractivity contribution in [2.75, 3.05) is 12.3 Å². The van der Waals surface area contributed by atoms with Crippen LogP contribution in [0.25, 0.3) is 0 Å². The van der Waals surface area contributed by atoms with Crippen LogP contribution in [-0.4, -0.2) is 30.7 Å². The number of hydrogen-bond donors (Lipinski definition) is 2. The van der Waals surface area contributed by atoms with Crippen molar-refractivity contribution in [3.8, 4) is 6.07 Å². The molecule has 2 N–H and O–H groups in total. The van der Waals surface area contributed by atoms with Gasteiger partial charge >= 0.3 is 0 Å². The molecule has 0 aliphatic carbocycles. The van der Waals surface area contributed by atoms with Crippen molar-refractivity contribution in [3.05, 3.63) is 18.2 Å². The number of nitrogens with zero attached hydrogens (tertiary/aromatic N) is 2. The Kier molecular flexibility index (Phi) is 3.62. The van der Waals surface area contributed by atoms with Gasteiger partial charge < -0.3 is 4.98 Å². The lowest BCUT2D eigenvalue weighted by Gasteiger charge is -2.00. The van der Waals surface area contributed by atoms with Crippen LogP contribution in [-0.2, 0) is 16.4 Å². The van der Waals surface area contributed by atoms with Gasteiger partial charge in [0.05, 0.1) is 6.07 Å². The molecular weight excluding hydrogens is 204 g/mol. The van der Waals surface area contributed by atoms with Crippen molar-refractivity contribution in [2.45, 2.75) is 6.42 Å². The summed E-state index contributed by atoms with van der Waals surface area (Å²) < 4.78 is 24.3. The second-order valence-electron chi connectivity index (χ2n) is 2.60. The second kappa shape index (κ2) is 4.74. The predicted molar refractivity (Wildman–Crippen MR) is 49.7 cm³/mol. The zero-order valence-electron chi connectivity index (χ0n) is 7.40. The van der Waals surface area contributed by atoms with Crippen LogP contribution in [0.15, 0.2) is 12.4 Å². The van der Waals surface area contributed by atoms with Gasteiger partial charge in [0.1, 0.15) is 5.82 Å². The molecule has 0 unspecified atom stereocenters. The Morgan fingerprint density at radius 3 is 3.00 bits per heavy atom. The molecule has 6 nitrogen and oxygen atoms in total. The molecule has 0 amide bonds. The van der Waals surface area contributed by atoms with Crippen LogP contribution < -0.4 is 4.72 Å². The van der Waals surface area contributed by atoms with Crippen LogP contribution in [0.1, 0.15) is 5.82 Å². The summed E-state index contributed by atoms with van der Waals surface area (Å²) >= 11 is 0. The van der Waals surface area contributed by atoms with Gasteiger partial charge in [0.2, 0.25) is 10.0 Å². The number of rotatable bonds is 5. The van der Waals surface area contributed by atoms with Crippen molar-refractivity contribution in [3.63, 3.8) is 0 Å². The molecule has 0 atom stereocenters. The molecule has 0 saturated carbocycles. The molecule has 0 aliphatic rings. The van der Waals surface area contributed by atoms with Gasteiger partial charge in [-0.25, -0.2) is 18.1 Å². The molecule has 0 aromatic carbocycles. The SMILES string of the molecule is N#CCS(=O)(=O)NCCc1ncc[nH]1. The van der Waals surface area contributed by atoms with Gasteiger partial charge in [-0.3, -0.25) is 0 Å². The van der Waals surface area contributed by atoms with E-state index in [1.165, 1.54) is 0 Å². The molecule has 0 fully saturated rings. The summed E-state index contributed by atoms with van der Waals surface area (Å²) in [6.07, 6.45) is 3.75. The Labute approximate surface area is 82.0 Å². The van der Waals surface area contributed by atoms with E-state index in [1.54, 1.807) is 18.5 Å². The van der Waals surface area contributed by atoms with E-state index in [-0.39, 0.29) is 6.54 Å². The van der Waals surface area contributed by atoms with E-state index < -0.39 is 15.8 Å². The lowest BCUT2D eigenvalue weighted by atomic mass is 10.4. The third-order valence-corrected chi connectivity index (χ3v) is 2.65. The van der Waals surface area contributed by atoms with Crippen molar-refractivity contribution < 1.29 is 8.42 Å². The quantitative estimate of drug-likeness (QED) is 0.683. The number of sulfonamides is 1. The molecule has 0 radical (unpaired) electrons. The van der Waals surface area contributed by atoms with Gasteiger partial charge in [-0.15, -0.1) is 0 Å². The smallest absolute Gasteiger partial charge is 0.225 e. The monoisotopic (exact) mass is 214 g/mol. The fraction of sp³-hybridized carbons (Fsp3) is 0.429. The minimum absolute atomic E-state index is 0.248. The van der Waals surface area contributed by atoms with E-state index in [0.717, 1.165) is 0 Å². The van der Waals surface area contributed by atoms with Gasteiger partial charge in [-0.05, 0) is 0 Å². The topological polar surface area (TPSA) is 98.6 Å². The number of H-pyrrole nitrogens is 1. The van der Waals surface area contributed by atoms with Crippen molar-refractivity contribution in [1.29, 1.82) is 5.26 Å². The van der Waals surface area contributed by atoms with E-state index in [1.807, 2.05) is 0 Å². The molecule has 7 heteroatoms. The maximum absolute atomic E-state index is 11.0. The molecule has 0 saturated heterocycles. The summed E-state index contributed by atoms with van der Waals surface area (Å²) in [5.41, 5.74) is 0. The summed E-state index contributed by atoms with van der Waals surface area (Å²) in [4.78, 5) is 6.77. The van der Waals surface area contributed by atoms with E-state index in [4.69, 9.17) is 5.26 Å². The van der Waals surface area contributed by atoms with E-state index in [9.17, 15) is 8.42 Å². The highest BCUT2D eigenvalue weighted by molar-refractivity contribution is 7.89. The van der Waals surface area contributed by atoms with E-state index in [2.05, 4.69) is 14.7 Å². The normalized spacial score (nSPS) is 11.1. The molecule has 1 aromatic rings. The molecule has 1 rings (SSSR count). The molecule has 76 valence electrons. The van der Waals surface area contributed by atoms with Crippen LogP contribution in [0.5, 0.6) is 0 Å². The van der Waals surface area contributed by atoms with Crippen LogP contribution in [0.4, 0.5) is 0 Å². The summed E-state index contributed by atoms with van der Waals surface area (Å²) in [6.45, 7) is 0.248. The average molecular weight is 214 g/mol. The van der Waals surface area contributed by atoms with Crippen molar-refractivity contribution in [1.82, 2.24) is 14.7 Å². The molecular formula is C7H10N4O2S. The number of aromatic amines is 1. The zero-order chi connectivity index (χ0) is 10.4. The Morgan fingerprint density at radius 1 is 1.64 bits per heavy atom. The number of imidazole rings is 1. The van der Waals surface area contributed by atoms with Crippen LogP contribution in [0.2, 0.25) is 0 Å². The summed E-state index contributed by atoms with van der Waals surface area (Å²) in [5.74, 6) is 0.204. The lowest BCUT2D eigenvalue weighted by molar-refractivity contribution is 0.584. The largest absolute Gasteiger partial charge is 0.349 e. The fourth-order valence-corrected chi connectivity index (χ4v) is 1.58. The average Bonchev–Trinajstić information content (AvgIpc) is 2.56. The summed E-state index contributed by atoms with van der Waals surface area (Å²) in [5, 5.41) is 8.20. The predicted octanol–water partition coefficient (Wildman–Crippen LogP) is -0.605. The maximum Gasteiger partial charge on any atom is 0.225 e. The van der Waals surface area contributed by atoms with Crippen LogP contribution >= 0.6 is 0 Å². The van der Waals surface area contributed by atoms with Crippen LogP contribution in [0, 0.1) is 11.3 Å². The molecule has 0 bridgehead atoms. The van der Waals surface area contributed by atoms with Crippen molar-refractivity contribution in [2.24, 2.45) is 0 Å². The minimum atomic E-state index is -3.44. The highest BCUT2D eigenvalue weighted by Gasteiger charge is 2.07. The first-order valence-electron chi connectivity index (χ1n) is 3.96. The second-order valence-corrected chi connectivity index (χ2v) is 4.40. The summed E-state index contributed by atoms with van der Waals surface area (Å²) in [7, 11) is -3.44. The first kappa shape index (κ1) is 10.7. The molecule has 14 heavy (non-hydrogen) atoms. The molecule has 1 heterocycles. The fourth-order valence-electron chi connectivity index (χ4n) is 0.896. The highest BCUT2D eigenvalue weighted by Crippen LogP contribution is 1.89. The molecule has 1 aromatic heterocycles.